The number of carbonyl (C=O) groups is 1. The van der Waals surface area contributed by atoms with Gasteiger partial charge < -0.3 is 14.6 Å². The van der Waals surface area contributed by atoms with Crippen LogP contribution in [0.5, 0.6) is 0 Å². The molecule has 0 saturated carbocycles. The molecule has 1 amide bonds. The fraction of sp³-hybridized carbons (Fsp3) is 0.300. The van der Waals surface area contributed by atoms with Crippen molar-refractivity contribution in [1.29, 1.82) is 0 Å². The summed E-state index contributed by atoms with van der Waals surface area (Å²) in [5.41, 5.74) is 5.89. The van der Waals surface area contributed by atoms with E-state index in [1.807, 2.05) is 0 Å². The fourth-order valence-electron chi connectivity index (χ4n) is 1.18. The Bertz CT molecular complexity index is 534. The molecule has 2 aromatic heterocycles. The first-order valence-electron chi connectivity index (χ1n) is 4.92. The van der Waals surface area contributed by atoms with E-state index >= 15 is 0 Å². The van der Waals surface area contributed by atoms with Gasteiger partial charge in [0.15, 0.2) is 0 Å². The Balaban J connectivity index is 2.17. The summed E-state index contributed by atoms with van der Waals surface area (Å²) in [6, 6.07) is 1.74. The minimum absolute atomic E-state index is 0.312. The molecule has 0 bridgehead atoms. The number of aromatic nitrogens is 2. The highest BCUT2D eigenvalue weighted by Crippen LogP contribution is 2.27. The Hall–Kier alpha value is -1.76. The quantitative estimate of drug-likeness (QED) is 0.831. The third-order valence-electron chi connectivity index (χ3n) is 2.17. The highest BCUT2D eigenvalue weighted by atomic mass is 32.2. The summed E-state index contributed by atoms with van der Waals surface area (Å²) >= 11 is 1.13. The lowest BCUT2D eigenvalue weighted by Crippen LogP contribution is -2.22. The number of nitrogens with two attached hydrogens (primary N) is 1. The van der Waals surface area contributed by atoms with Crippen LogP contribution < -0.4 is 5.73 Å². The molecule has 0 saturated heterocycles. The van der Waals surface area contributed by atoms with Crippen molar-refractivity contribution in [3.8, 4) is 11.5 Å². The van der Waals surface area contributed by atoms with Crippen LogP contribution in [0, 0.1) is 6.92 Å². The molecule has 2 aromatic rings. The molecule has 0 radical (unpaired) electrons. The maximum Gasteiger partial charge on any atom is 0.277 e. The number of amides is 1. The first-order valence-corrected chi connectivity index (χ1v) is 5.80. The van der Waals surface area contributed by atoms with Crippen molar-refractivity contribution in [3.05, 3.63) is 18.1 Å². The maximum atomic E-state index is 10.9. The molecule has 1 unspecified atom stereocenters. The average Bonchev–Trinajstić information content (AvgIpc) is 2.86. The molecule has 17 heavy (non-hydrogen) atoms. The van der Waals surface area contributed by atoms with Crippen molar-refractivity contribution < 1.29 is 13.6 Å². The standard InChI is InChI=1S/C10H11N3O3S/c1-5-7(3-4-15-5)9-12-13-10(16-9)17-6(2)8(11)14/h3-4,6H,1-2H3,(H2,11,14). The number of aryl methyl sites for hydroxylation is 1. The van der Waals surface area contributed by atoms with Crippen molar-refractivity contribution in [2.75, 3.05) is 0 Å². The maximum absolute atomic E-state index is 10.9. The summed E-state index contributed by atoms with van der Waals surface area (Å²) in [7, 11) is 0. The Labute approximate surface area is 102 Å². The number of primary amides is 1. The molecule has 2 rings (SSSR count). The van der Waals surface area contributed by atoms with E-state index in [-0.39, 0.29) is 0 Å². The number of nitrogens with zero attached hydrogens (tertiary/aromatic N) is 2. The minimum Gasteiger partial charge on any atom is -0.469 e. The van der Waals surface area contributed by atoms with Crippen molar-refractivity contribution in [3.63, 3.8) is 0 Å². The molecule has 90 valence electrons. The highest BCUT2D eigenvalue weighted by Gasteiger charge is 2.17. The molecule has 7 heteroatoms. The summed E-state index contributed by atoms with van der Waals surface area (Å²) in [6.07, 6.45) is 1.55. The van der Waals surface area contributed by atoms with E-state index in [4.69, 9.17) is 14.6 Å². The summed E-state index contributed by atoms with van der Waals surface area (Å²) < 4.78 is 10.5. The van der Waals surface area contributed by atoms with Gasteiger partial charge in [0.25, 0.3) is 11.1 Å². The molecule has 2 N–H and O–H groups in total. The van der Waals surface area contributed by atoms with Crippen molar-refractivity contribution in [2.45, 2.75) is 24.3 Å². The molecule has 0 aliphatic carbocycles. The molecule has 0 aliphatic rings. The van der Waals surface area contributed by atoms with Crippen LogP contribution in [0.25, 0.3) is 11.5 Å². The molecule has 0 aromatic carbocycles. The molecule has 2 heterocycles. The zero-order valence-corrected chi connectivity index (χ0v) is 10.2. The molecule has 1 atom stereocenters. The van der Waals surface area contributed by atoms with E-state index in [1.54, 1.807) is 26.2 Å². The van der Waals surface area contributed by atoms with Crippen LogP contribution >= 0.6 is 11.8 Å². The number of furan rings is 1. The number of rotatable bonds is 4. The molecular formula is C10H11N3O3S. The van der Waals surface area contributed by atoms with E-state index in [0.29, 0.717) is 16.9 Å². The van der Waals surface area contributed by atoms with E-state index in [1.165, 1.54) is 0 Å². The van der Waals surface area contributed by atoms with Crippen LogP contribution in [0.4, 0.5) is 0 Å². The van der Waals surface area contributed by atoms with Gasteiger partial charge in [-0.1, -0.05) is 11.8 Å². The second-order valence-corrected chi connectivity index (χ2v) is 4.72. The highest BCUT2D eigenvalue weighted by molar-refractivity contribution is 8.00. The number of carbonyl (C=O) groups excluding carboxylic acids is 1. The second-order valence-electron chi connectivity index (χ2n) is 3.43. The monoisotopic (exact) mass is 253 g/mol. The van der Waals surface area contributed by atoms with Gasteiger partial charge in [-0.25, -0.2) is 0 Å². The predicted molar refractivity (Wildman–Crippen MR) is 61.3 cm³/mol. The summed E-state index contributed by atoms with van der Waals surface area (Å²) in [5.74, 6) is 0.651. The second kappa shape index (κ2) is 4.62. The smallest absolute Gasteiger partial charge is 0.277 e. The third kappa shape index (κ3) is 2.50. The van der Waals surface area contributed by atoms with E-state index in [2.05, 4.69) is 10.2 Å². The van der Waals surface area contributed by atoms with Crippen molar-refractivity contribution in [2.24, 2.45) is 5.73 Å². The predicted octanol–water partition coefficient (Wildman–Crippen LogP) is 1.60. The molecular weight excluding hydrogens is 242 g/mol. The van der Waals surface area contributed by atoms with Gasteiger partial charge in [0, 0.05) is 0 Å². The van der Waals surface area contributed by atoms with Gasteiger partial charge in [-0.15, -0.1) is 10.2 Å². The summed E-state index contributed by atoms with van der Waals surface area (Å²) in [4.78, 5) is 10.9. The van der Waals surface area contributed by atoms with E-state index in [9.17, 15) is 4.79 Å². The lowest BCUT2D eigenvalue weighted by atomic mass is 10.3. The number of hydrogen-bond donors (Lipinski definition) is 1. The Morgan fingerprint density at radius 1 is 1.53 bits per heavy atom. The Morgan fingerprint density at radius 2 is 2.29 bits per heavy atom. The molecule has 0 aliphatic heterocycles. The van der Waals surface area contributed by atoms with E-state index < -0.39 is 11.2 Å². The van der Waals surface area contributed by atoms with Gasteiger partial charge in [0.2, 0.25) is 5.91 Å². The number of hydrogen-bond acceptors (Lipinski definition) is 6. The van der Waals surface area contributed by atoms with Crippen LogP contribution in [0.3, 0.4) is 0 Å². The normalized spacial score (nSPS) is 12.6. The molecule has 0 fully saturated rings. The van der Waals surface area contributed by atoms with Gasteiger partial charge in [-0.3, -0.25) is 4.79 Å². The topological polar surface area (TPSA) is 95.1 Å². The van der Waals surface area contributed by atoms with Gasteiger partial charge in [-0.05, 0) is 19.9 Å². The lowest BCUT2D eigenvalue weighted by Gasteiger charge is -2.00. The van der Waals surface area contributed by atoms with Crippen molar-refractivity contribution >= 4 is 17.7 Å². The summed E-state index contributed by atoms with van der Waals surface area (Å²) in [5, 5.41) is 7.62. The zero-order valence-electron chi connectivity index (χ0n) is 9.34. The van der Waals surface area contributed by atoms with Crippen molar-refractivity contribution in [1.82, 2.24) is 10.2 Å². The Morgan fingerprint density at radius 3 is 2.88 bits per heavy atom. The number of thioether (sulfide) groups is 1. The first kappa shape index (κ1) is 11.7. The van der Waals surface area contributed by atoms with Crippen LogP contribution in [0.15, 0.2) is 26.4 Å². The van der Waals surface area contributed by atoms with E-state index in [0.717, 1.165) is 17.3 Å². The van der Waals surface area contributed by atoms with Crippen LogP contribution in [-0.4, -0.2) is 21.4 Å². The van der Waals surface area contributed by atoms with Crippen LogP contribution in [0.1, 0.15) is 12.7 Å². The van der Waals surface area contributed by atoms with Crippen LogP contribution in [-0.2, 0) is 4.79 Å². The molecule has 6 nitrogen and oxygen atoms in total. The third-order valence-corrected chi connectivity index (χ3v) is 3.13. The summed E-state index contributed by atoms with van der Waals surface area (Å²) in [6.45, 7) is 3.48. The molecule has 0 spiro atoms. The average molecular weight is 253 g/mol. The first-order chi connectivity index (χ1) is 8.08. The fourth-order valence-corrected chi connectivity index (χ4v) is 1.82. The lowest BCUT2D eigenvalue weighted by molar-refractivity contribution is -0.117. The van der Waals surface area contributed by atoms with Gasteiger partial charge in [0.1, 0.15) is 5.76 Å². The largest absolute Gasteiger partial charge is 0.469 e. The van der Waals surface area contributed by atoms with Gasteiger partial charge >= 0.3 is 0 Å². The zero-order chi connectivity index (χ0) is 12.4. The van der Waals surface area contributed by atoms with Crippen LogP contribution in [0.2, 0.25) is 0 Å². The van der Waals surface area contributed by atoms with Gasteiger partial charge in [0.05, 0.1) is 17.1 Å². The Kier molecular flexibility index (Phi) is 3.19. The SMILES string of the molecule is Cc1occc1-c1nnc(SC(C)C(N)=O)o1. The minimum atomic E-state index is -0.422. The van der Waals surface area contributed by atoms with Gasteiger partial charge in [-0.2, -0.15) is 0 Å².